The first-order chi connectivity index (χ1) is 17.3. The van der Waals surface area contributed by atoms with Crippen LogP contribution < -0.4 is 10.6 Å². The van der Waals surface area contributed by atoms with Gasteiger partial charge in [-0.25, -0.2) is 32.9 Å². The molecule has 2 aromatic heterocycles. The lowest BCUT2D eigenvalue weighted by molar-refractivity contribution is -0.0650. The zero-order chi connectivity index (χ0) is 25.3. The van der Waals surface area contributed by atoms with Crippen LogP contribution in [0, 0.1) is 11.6 Å². The molecule has 4 aromatic rings. The summed E-state index contributed by atoms with van der Waals surface area (Å²) in [4.78, 5) is 20.0. The van der Waals surface area contributed by atoms with Gasteiger partial charge in [-0.3, -0.25) is 4.90 Å². The van der Waals surface area contributed by atoms with E-state index in [1.165, 1.54) is 34.3 Å². The molecule has 2 aromatic carbocycles. The van der Waals surface area contributed by atoms with Gasteiger partial charge < -0.3 is 10.0 Å². The van der Waals surface area contributed by atoms with Crippen LogP contribution in [0.15, 0.2) is 66.2 Å². The number of hydrogen-bond acceptors (Lipinski definition) is 7. The van der Waals surface area contributed by atoms with Gasteiger partial charge in [0.1, 0.15) is 36.2 Å². The molecule has 0 radical (unpaired) electrons. The number of benzene rings is 2. The van der Waals surface area contributed by atoms with Crippen LogP contribution in [0.2, 0.25) is 0 Å². The predicted octanol–water partition coefficient (Wildman–Crippen LogP) is 1.53. The summed E-state index contributed by atoms with van der Waals surface area (Å²) in [6.45, 7) is 4.40. The van der Waals surface area contributed by atoms with Gasteiger partial charge in [0.25, 0.3) is 0 Å². The first kappa shape index (κ1) is 23.8. The Morgan fingerprint density at radius 3 is 2.39 bits per heavy atom. The third-order valence-corrected chi connectivity index (χ3v) is 6.87. The highest BCUT2D eigenvalue weighted by Crippen LogP contribution is 2.33. The maximum Gasteiger partial charge on any atom is 0.347 e. The van der Waals surface area contributed by atoms with Gasteiger partial charge in [-0.05, 0) is 37.3 Å². The lowest BCUT2D eigenvalue weighted by atomic mass is 9.85. The number of rotatable bonds is 7. The summed E-state index contributed by atoms with van der Waals surface area (Å²) in [5.41, 5.74) is -0.247. The van der Waals surface area contributed by atoms with Gasteiger partial charge in [0.15, 0.2) is 0 Å². The molecule has 2 atom stereocenters. The average Bonchev–Trinajstić information content (AvgIpc) is 3.55. The summed E-state index contributed by atoms with van der Waals surface area (Å²) in [7, 11) is 0. The largest absolute Gasteiger partial charge is 0.381 e. The van der Waals surface area contributed by atoms with Crippen molar-refractivity contribution < 1.29 is 13.9 Å². The third-order valence-electron chi connectivity index (χ3n) is 6.87. The van der Waals surface area contributed by atoms with Crippen molar-refractivity contribution in [3.63, 3.8) is 0 Å². The number of halogens is 2. The smallest absolute Gasteiger partial charge is 0.347 e. The minimum atomic E-state index is -1.67. The van der Waals surface area contributed by atoms with Gasteiger partial charge in [-0.1, -0.05) is 6.07 Å². The van der Waals surface area contributed by atoms with Crippen LogP contribution in [-0.4, -0.2) is 71.8 Å². The number of aromatic nitrogens is 6. The third kappa shape index (κ3) is 4.52. The Morgan fingerprint density at radius 1 is 1.06 bits per heavy atom. The maximum atomic E-state index is 14.8. The van der Waals surface area contributed by atoms with Crippen molar-refractivity contribution in [2.75, 3.05) is 31.1 Å². The molecule has 0 saturated carbocycles. The van der Waals surface area contributed by atoms with Crippen molar-refractivity contribution in [2.45, 2.75) is 25.1 Å². The van der Waals surface area contributed by atoms with E-state index in [-0.39, 0.29) is 17.8 Å². The molecule has 1 aliphatic heterocycles. The van der Waals surface area contributed by atoms with Gasteiger partial charge in [-0.2, -0.15) is 10.2 Å². The van der Waals surface area contributed by atoms with Gasteiger partial charge >= 0.3 is 5.69 Å². The summed E-state index contributed by atoms with van der Waals surface area (Å²) >= 11 is 0. The van der Waals surface area contributed by atoms with Crippen LogP contribution in [0.3, 0.4) is 0 Å². The second kappa shape index (κ2) is 9.63. The molecule has 10 nitrogen and oxygen atoms in total. The highest BCUT2D eigenvalue weighted by Gasteiger charge is 2.42. The lowest BCUT2D eigenvalue weighted by Gasteiger charge is -2.45. The molecule has 12 heteroatoms. The Morgan fingerprint density at radius 2 is 1.78 bits per heavy atom. The van der Waals surface area contributed by atoms with Gasteiger partial charge in [0, 0.05) is 49.5 Å². The van der Waals surface area contributed by atoms with E-state index >= 15 is 0 Å². The standard InChI is InChI=1S/C24H26F2N8O2/c1-17(24(36,13-33-15-27-14-29-33)21-7-2-18(25)12-22(21)26)31-8-10-32(11-9-31)19-3-5-20(6-4-19)34-16-28-30-23(34)35/h2-7,12,14-17,36H,8-11,13H2,1H3,(H,30,35)/t17-,24-/m1/s1. The fourth-order valence-electron chi connectivity index (χ4n) is 4.77. The summed E-state index contributed by atoms with van der Waals surface area (Å²) in [6.07, 6.45) is 4.24. The number of aliphatic hydroxyl groups is 1. The van der Waals surface area contributed by atoms with Crippen LogP contribution in [0.5, 0.6) is 0 Å². The number of nitrogens with one attached hydrogen (secondary N) is 1. The minimum Gasteiger partial charge on any atom is -0.381 e. The molecular formula is C24H26F2N8O2. The second-order valence-electron chi connectivity index (χ2n) is 8.89. The van der Waals surface area contributed by atoms with E-state index < -0.39 is 23.3 Å². The fourth-order valence-corrected chi connectivity index (χ4v) is 4.77. The maximum absolute atomic E-state index is 14.8. The molecular weight excluding hydrogens is 470 g/mol. The monoisotopic (exact) mass is 496 g/mol. The molecule has 36 heavy (non-hydrogen) atoms. The van der Waals surface area contributed by atoms with E-state index in [1.54, 1.807) is 0 Å². The molecule has 1 aliphatic rings. The summed E-state index contributed by atoms with van der Waals surface area (Å²) in [6, 6.07) is 10.3. The topological polar surface area (TPSA) is 108 Å². The van der Waals surface area contributed by atoms with Crippen molar-refractivity contribution in [3.05, 3.63) is 89.1 Å². The fraction of sp³-hybridized carbons (Fsp3) is 0.333. The van der Waals surface area contributed by atoms with Crippen LogP contribution >= 0.6 is 0 Å². The van der Waals surface area contributed by atoms with E-state index in [9.17, 15) is 18.7 Å². The van der Waals surface area contributed by atoms with Crippen LogP contribution in [0.25, 0.3) is 5.69 Å². The van der Waals surface area contributed by atoms with Crippen molar-refractivity contribution in [2.24, 2.45) is 0 Å². The first-order valence-corrected chi connectivity index (χ1v) is 11.6. The van der Waals surface area contributed by atoms with Gasteiger partial charge in [0.05, 0.1) is 12.2 Å². The Bertz CT molecular complexity index is 1360. The molecule has 0 aliphatic carbocycles. The van der Waals surface area contributed by atoms with Gasteiger partial charge in [0.2, 0.25) is 0 Å². The number of anilines is 1. The minimum absolute atomic E-state index is 0.0133. The predicted molar refractivity (Wildman–Crippen MR) is 128 cm³/mol. The van der Waals surface area contributed by atoms with E-state index in [0.717, 1.165) is 17.8 Å². The normalized spacial score (nSPS) is 17.2. The molecule has 0 spiro atoms. The van der Waals surface area contributed by atoms with Gasteiger partial charge in [-0.15, -0.1) is 0 Å². The molecule has 1 fully saturated rings. The van der Waals surface area contributed by atoms with E-state index in [0.29, 0.717) is 31.9 Å². The first-order valence-electron chi connectivity index (χ1n) is 11.6. The molecule has 188 valence electrons. The summed E-state index contributed by atoms with van der Waals surface area (Å²) in [5.74, 6) is -1.51. The van der Waals surface area contributed by atoms with Crippen molar-refractivity contribution in [3.8, 4) is 5.69 Å². The molecule has 1 saturated heterocycles. The number of piperazine rings is 1. The molecule has 2 N–H and O–H groups in total. The van der Waals surface area contributed by atoms with Crippen molar-refractivity contribution in [1.82, 2.24) is 34.4 Å². The Kier molecular flexibility index (Phi) is 6.37. The van der Waals surface area contributed by atoms with Crippen molar-refractivity contribution in [1.29, 1.82) is 0 Å². The molecule has 0 amide bonds. The Hall–Kier alpha value is -3.90. The number of aromatic amines is 1. The van der Waals surface area contributed by atoms with Crippen molar-refractivity contribution >= 4 is 5.69 Å². The highest BCUT2D eigenvalue weighted by atomic mass is 19.1. The van der Waals surface area contributed by atoms with Crippen LogP contribution in [-0.2, 0) is 12.1 Å². The average molecular weight is 497 g/mol. The number of nitrogens with zero attached hydrogens (tertiary/aromatic N) is 7. The molecule has 0 bridgehead atoms. The number of H-pyrrole nitrogens is 1. The van der Waals surface area contributed by atoms with E-state index in [4.69, 9.17) is 0 Å². The highest BCUT2D eigenvalue weighted by molar-refractivity contribution is 5.51. The Balaban J connectivity index is 1.32. The summed E-state index contributed by atoms with van der Waals surface area (Å²) < 4.78 is 31.3. The SMILES string of the molecule is C[C@@H](N1CCN(c2ccc(-n3cn[nH]c3=O)cc2)CC1)[C@](O)(Cn1cncn1)c1ccc(F)cc1F. The zero-order valence-electron chi connectivity index (χ0n) is 19.6. The van der Waals surface area contributed by atoms with Crippen LogP contribution in [0.1, 0.15) is 12.5 Å². The zero-order valence-corrected chi connectivity index (χ0v) is 19.6. The molecule has 5 rings (SSSR count). The quantitative estimate of drug-likeness (QED) is 0.400. The lowest BCUT2D eigenvalue weighted by Crippen LogP contribution is -2.57. The summed E-state index contributed by atoms with van der Waals surface area (Å²) in [5, 5.41) is 22.0. The second-order valence-corrected chi connectivity index (χ2v) is 8.89. The number of hydrogen-bond donors (Lipinski definition) is 2. The van der Waals surface area contributed by atoms with E-state index in [1.807, 2.05) is 31.2 Å². The van der Waals surface area contributed by atoms with Crippen LogP contribution in [0.4, 0.5) is 14.5 Å². The molecule has 0 unspecified atom stereocenters. The Labute approximate surface area is 205 Å². The molecule has 3 heterocycles. The van der Waals surface area contributed by atoms with E-state index in [2.05, 4.69) is 30.1 Å².